The average Bonchev–Trinajstić information content (AvgIpc) is 2.69. The van der Waals surface area contributed by atoms with Gasteiger partial charge in [0.15, 0.2) is 0 Å². The maximum Gasteiger partial charge on any atom is 0.329 e. The average molecular weight is 399 g/mol. The van der Waals surface area contributed by atoms with Gasteiger partial charge in [0.2, 0.25) is 0 Å². The summed E-state index contributed by atoms with van der Waals surface area (Å²) in [6.45, 7) is 3.88. The van der Waals surface area contributed by atoms with Crippen LogP contribution in [-0.2, 0) is 16.1 Å². The number of hydrazone groups is 1. The lowest BCUT2D eigenvalue weighted by molar-refractivity contribution is -0.398. The summed E-state index contributed by atoms with van der Waals surface area (Å²) in [6, 6.07) is 9.68. The van der Waals surface area contributed by atoms with Gasteiger partial charge in [0.1, 0.15) is 5.75 Å². The van der Waals surface area contributed by atoms with Crippen molar-refractivity contribution in [3.63, 3.8) is 0 Å². The molecule has 0 spiro atoms. The minimum atomic E-state index is -1.01. The van der Waals surface area contributed by atoms with Crippen molar-refractivity contribution in [2.24, 2.45) is 5.10 Å². The zero-order valence-electron chi connectivity index (χ0n) is 15.8. The monoisotopic (exact) mass is 399 g/mol. The Labute approximate surface area is 166 Å². The normalized spacial score (nSPS) is 10.6. The number of ether oxygens (including phenoxy) is 1. The van der Waals surface area contributed by atoms with Gasteiger partial charge in [0, 0.05) is 23.9 Å². The number of amides is 2. The van der Waals surface area contributed by atoms with Crippen LogP contribution in [0.1, 0.15) is 23.6 Å². The van der Waals surface area contributed by atoms with Gasteiger partial charge in [-0.1, -0.05) is 29.8 Å². The third-order valence-electron chi connectivity index (χ3n) is 3.71. The Hall–Kier alpha value is -3.95. The molecule has 2 aromatic carbocycles. The summed E-state index contributed by atoms with van der Waals surface area (Å²) in [4.78, 5) is 33.8. The Morgan fingerprint density at radius 2 is 1.90 bits per heavy atom. The number of nitrogens with one attached hydrogen (secondary N) is 2. The van der Waals surface area contributed by atoms with Crippen LogP contribution in [0.15, 0.2) is 41.5 Å². The minimum Gasteiger partial charge on any atom is -0.865 e. The molecule has 2 N–H and O–H groups in total. The van der Waals surface area contributed by atoms with Crippen molar-refractivity contribution in [2.75, 3.05) is 6.61 Å². The SMILES string of the molecule is CCOc1cc(/C=N\NC(=O)C(=O)NCc2ccc(C)cc2)cc([N+](=O)[O-])c1[O-]. The van der Waals surface area contributed by atoms with Crippen molar-refractivity contribution >= 4 is 23.7 Å². The minimum absolute atomic E-state index is 0.144. The van der Waals surface area contributed by atoms with Crippen LogP contribution in [0.3, 0.4) is 0 Å². The summed E-state index contributed by atoms with van der Waals surface area (Å²) >= 11 is 0. The number of rotatable bonds is 7. The van der Waals surface area contributed by atoms with Crippen LogP contribution in [0.4, 0.5) is 5.69 Å². The summed E-state index contributed by atoms with van der Waals surface area (Å²) in [6.07, 6.45) is 1.07. The van der Waals surface area contributed by atoms with Gasteiger partial charge in [-0.25, -0.2) is 5.43 Å². The third-order valence-corrected chi connectivity index (χ3v) is 3.71. The van der Waals surface area contributed by atoms with Crippen LogP contribution in [0.25, 0.3) is 0 Å². The van der Waals surface area contributed by atoms with Crippen LogP contribution in [-0.4, -0.2) is 29.6 Å². The highest BCUT2D eigenvalue weighted by atomic mass is 16.6. The van der Waals surface area contributed by atoms with Gasteiger partial charge in [-0.05, 0) is 25.5 Å². The molecule has 0 aliphatic heterocycles. The van der Waals surface area contributed by atoms with E-state index in [0.717, 1.165) is 23.4 Å². The predicted octanol–water partition coefficient (Wildman–Crippen LogP) is 1.14. The Morgan fingerprint density at radius 3 is 2.52 bits per heavy atom. The number of carbonyl (C=O) groups excluding carboxylic acids is 2. The molecule has 0 aliphatic carbocycles. The van der Waals surface area contributed by atoms with Gasteiger partial charge in [-0.3, -0.25) is 19.7 Å². The molecule has 0 saturated heterocycles. The molecule has 0 bridgehead atoms. The fourth-order valence-electron chi connectivity index (χ4n) is 2.27. The molecule has 29 heavy (non-hydrogen) atoms. The Balaban J connectivity index is 1.98. The van der Waals surface area contributed by atoms with Gasteiger partial charge in [-0.15, -0.1) is 0 Å². The van der Waals surface area contributed by atoms with E-state index < -0.39 is 28.2 Å². The van der Waals surface area contributed by atoms with Crippen LogP contribution in [0.2, 0.25) is 0 Å². The molecular weight excluding hydrogens is 380 g/mol. The zero-order valence-corrected chi connectivity index (χ0v) is 15.8. The van der Waals surface area contributed by atoms with E-state index in [2.05, 4.69) is 10.4 Å². The van der Waals surface area contributed by atoms with E-state index in [1.807, 2.05) is 36.6 Å². The molecule has 0 unspecified atom stereocenters. The molecule has 0 atom stereocenters. The number of aryl methyl sites for hydroxylation is 1. The first kappa shape index (κ1) is 21.4. The maximum absolute atomic E-state index is 11.9. The van der Waals surface area contributed by atoms with Gasteiger partial charge in [0.25, 0.3) is 5.69 Å². The number of nitrogens with zero attached hydrogens (tertiary/aromatic N) is 2. The number of nitro benzene ring substituents is 1. The van der Waals surface area contributed by atoms with Gasteiger partial charge in [-0.2, -0.15) is 5.10 Å². The van der Waals surface area contributed by atoms with E-state index in [0.29, 0.717) is 0 Å². The molecule has 0 aromatic heterocycles. The van der Waals surface area contributed by atoms with Crippen molar-refractivity contribution < 1.29 is 24.4 Å². The third kappa shape index (κ3) is 6.03. The van der Waals surface area contributed by atoms with Crippen LogP contribution < -0.4 is 20.6 Å². The molecule has 152 valence electrons. The van der Waals surface area contributed by atoms with Crippen molar-refractivity contribution in [3.8, 4) is 11.5 Å². The van der Waals surface area contributed by atoms with Gasteiger partial charge < -0.3 is 15.2 Å². The number of nitro groups is 1. The van der Waals surface area contributed by atoms with Crippen molar-refractivity contribution in [1.29, 1.82) is 0 Å². The lowest BCUT2D eigenvalue weighted by Gasteiger charge is -2.14. The molecule has 10 nitrogen and oxygen atoms in total. The van der Waals surface area contributed by atoms with E-state index in [9.17, 15) is 24.8 Å². The quantitative estimate of drug-likeness (QED) is 0.309. The second-order valence-electron chi connectivity index (χ2n) is 5.92. The summed E-state index contributed by atoms with van der Waals surface area (Å²) in [5.41, 5.74) is 3.39. The molecule has 2 aromatic rings. The molecule has 0 radical (unpaired) electrons. The Bertz CT molecular complexity index is 940. The smallest absolute Gasteiger partial charge is 0.329 e. The maximum atomic E-state index is 11.9. The number of hydrogen-bond donors (Lipinski definition) is 2. The predicted molar refractivity (Wildman–Crippen MR) is 102 cm³/mol. The lowest BCUT2D eigenvalue weighted by atomic mass is 10.1. The number of hydrogen-bond acceptors (Lipinski definition) is 7. The second-order valence-corrected chi connectivity index (χ2v) is 5.92. The van der Waals surface area contributed by atoms with E-state index in [1.54, 1.807) is 6.92 Å². The highest BCUT2D eigenvalue weighted by molar-refractivity contribution is 6.35. The first-order valence-corrected chi connectivity index (χ1v) is 8.60. The highest BCUT2D eigenvalue weighted by Crippen LogP contribution is 2.34. The molecule has 2 rings (SSSR count). The van der Waals surface area contributed by atoms with Crippen LogP contribution >= 0.6 is 0 Å². The summed E-state index contributed by atoms with van der Waals surface area (Å²) in [5.74, 6) is -2.95. The van der Waals surface area contributed by atoms with Crippen molar-refractivity contribution in [1.82, 2.24) is 10.7 Å². The first-order chi connectivity index (χ1) is 13.8. The van der Waals surface area contributed by atoms with E-state index in [4.69, 9.17) is 4.74 Å². The Kier molecular flexibility index (Phi) is 7.24. The fraction of sp³-hybridized carbons (Fsp3) is 0.211. The Morgan fingerprint density at radius 1 is 1.21 bits per heavy atom. The molecule has 0 saturated carbocycles. The topological polar surface area (TPSA) is 146 Å². The van der Waals surface area contributed by atoms with Crippen LogP contribution in [0, 0.1) is 17.0 Å². The lowest BCUT2D eigenvalue weighted by Crippen LogP contribution is -2.37. The van der Waals surface area contributed by atoms with Gasteiger partial charge in [0.05, 0.1) is 17.7 Å². The highest BCUT2D eigenvalue weighted by Gasteiger charge is 2.14. The zero-order chi connectivity index (χ0) is 21.4. The molecule has 10 heteroatoms. The van der Waals surface area contributed by atoms with Gasteiger partial charge >= 0.3 is 11.8 Å². The molecule has 2 amide bonds. The molecule has 0 aliphatic rings. The summed E-state index contributed by atoms with van der Waals surface area (Å²) in [7, 11) is 0. The number of benzene rings is 2. The fourth-order valence-corrected chi connectivity index (χ4v) is 2.27. The van der Waals surface area contributed by atoms with E-state index in [-0.39, 0.29) is 24.5 Å². The largest absolute Gasteiger partial charge is 0.865 e. The first-order valence-electron chi connectivity index (χ1n) is 8.60. The standard InChI is InChI=1S/C19H20N4O6/c1-3-29-16-9-14(8-15(17(16)24)23(27)28)11-21-22-19(26)18(25)20-10-13-6-4-12(2)5-7-13/h4-9,11,24H,3,10H2,1-2H3,(H,20,25)(H,22,26)/p-1/b21-11-. The molecule has 0 fully saturated rings. The van der Waals surface area contributed by atoms with E-state index >= 15 is 0 Å². The second kappa shape index (κ2) is 9.83. The van der Waals surface area contributed by atoms with E-state index in [1.165, 1.54) is 6.07 Å². The van der Waals surface area contributed by atoms with Crippen molar-refractivity contribution in [2.45, 2.75) is 20.4 Å². The van der Waals surface area contributed by atoms with Crippen molar-refractivity contribution in [3.05, 3.63) is 63.2 Å². The summed E-state index contributed by atoms with van der Waals surface area (Å²) < 4.78 is 5.09. The molecular formula is C19H19N4O6-. The van der Waals surface area contributed by atoms with Crippen LogP contribution in [0.5, 0.6) is 11.5 Å². The number of carbonyl (C=O) groups is 2. The summed E-state index contributed by atoms with van der Waals surface area (Å²) in [5, 5.41) is 28.9. The molecule has 0 heterocycles.